The van der Waals surface area contributed by atoms with Crippen LogP contribution in [-0.2, 0) is 13.5 Å². The third-order valence-electron chi connectivity index (χ3n) is 2.66. The zero-order valence-electron chi connectivity index (χ0n) is 9.96. The lowest BCUT2D eigenvalue weighted by Crippen LogP contribution is -2.49. The summed E-state index contributed by atoms with van der Waals surface area (Å²) in [5.41, 5.74) is 5.62. The van der Waals surface area contributed by atoms with Crippen LogP contribution in [0.4, 0.5) is 26.3 Å². The van der Waals surface area contributed by atoms with E-state index in [1.165, 1.54) is 17.1 Å². The molecule has 0 spiro atoms. The Bertz CT molecular complexity index is 394. The molecule has 0 aliphatic rings. The van der Waals surface area contributed by atoms with Gasteiger partial charge in [0.2, 0.25) is 0 Å². The Labute approximate surface area is 105 Å². The van der Waals surface area contributed by atoms with Crippen molar-refractivity contribution in [3.05, 3.63) is 18.0 Å². The van der Waals surface area contributed by atoms with E-state index in [-0.39, 0.29) is 6.42 Å². The van der Waals surface area contributed by atoms with Crippen LogP contribution in [0.15, 0.2) is 12.4 Å². The molecule has 0 radical (unpaired) electrons. The number of nitrogens with two attached hydrogens (primary N) is 1. The number of nitrogens with zero attached hydrogens (tertiary/aromatic N) is 2. The number of hydrogen-bond acceptors (Lipinski definition) is 2. The zero-order valence-corrected chi connectivity index (χ0v) is 9.96. The molecule has 19 heavy (non-hydrogen) atoms. The van der Waals surface area contributed by atoms with Crippen LogP contribution in [0.5, 0.6) is 0 Å². The first-order valence-electron chi connectivity index (χ1n) is 5.38. The molecule has 0 aliphatic carbocycles. The van der Waals surface area contributed by atoms with Gasteiger partial charge in [0.15, 0.2) is 5.92 Å². The third kappa shape index (κ3) is 4.41. The molecule has 110 valence electrons. The van der Waals surface area contributed by atoms with Crippen LogP contribution in [0.2, 0.25) is 0 Å². The van der Waals surface area contributed by atoms with E-state index in [4.69, 9.17) is 5.73 Å². The van der Waals surface area contributed by atoms with Crippen molar-refractivity contribution < 1.29 is 26.3 Å². The molecule has 1 unspecified atom stereocenters. The number of hydrogen-bond donors (Lipinski definition) is 1. The van der Waals surface area contributed by atoms with Crippen LogP contribution >= 0.6 is 0 Å². The SMILES string of the molecule is Cn1cc(CCC(N)C(C(F)(F)F)C(F)(F)F)cn1. The highest BCUT2D eigenvalue weighted by Gasteiger charge is 2.59. The predicted molar refractivity (Wildman–Crippen MR) is 55.1 cm³/mol. The molecular weight excluding hydrogens is 276 g/mol. The smallest absolute Gasteiger partial charge is 0.327 e. The van der Waals surface area contributed by atoms with Crippen LogP contribution in [0.1, 0.15) is 12.0 Å². The number of rotatable bonds is 4. The lowest BCUT2D eigenvalue weighted by molar-refractivity contribution is -0.289. The van der Waals surface area contributed by atoms with Crippen molar-refractivity contribution in [3.63, 3.8) is 0 Å². The Balaban J connectivity index is 2.70. The zero-order chi connectivity index (χ0) is 14.8. The van der Waals surface area contributed by atoms with Crippen molar-refractivity contribution >= 4 is 0 Å². The second kappa shape index (κ2) is 5.40. The molecule has 0 aromatic carbocycles. The highest BCUT2D eigenvalue weighted by Crippen LogP contribution is 2.41. The summed E-state index contributed by atoms with van der Waals surface area (Å²) in [5, 5.41) is 3.77. The van der Waals surface area contributed by atoms with Crippen LogP contribution in [0, 0.1) is 5.92 Å². The van der Waals surface area contributed by atoms with Gasteiger partial charge in [-0.1, -0.05) is 0 Å². The number of alkyl halides is 6. The van der Waals surface area contributed by atoms with E-state index in [0.29, 0.717) is 5.56 Å². The van der Waals surface area contributed by atoms with E-state index < -0.39 is 30.7 Å². The summed E-state index contributed by atoms with van der Waals surface area (Å²) >= 11 is 0. The molecule has 1 heterocycles. The molecule has 0 saturated carbocycles. The van der Waals surface area contributed by atoms with E-state index in [1.807, 2.05) is 0 Å². The van der Waals surface area contributed by atoms with E-state index >= 15 is 0 Å². The quantitative estimate of drug-likeness (QED) is 0.865. The standard InChI is InChI=1S/C10H13F6N3/c1-19-5-6(4-18-19)2-3-7(17)8(9(11,12)13)10(14,15)16/h4-5,7-8H,2-3,17H2,1H3. The van der Waals surface area contributed by atoms with Crippen LogP contribution in [0.25, 0.3) is 0 Å². The van der Waals surface area contributed by atoms with Gasteiger partial charge in [-0.15, -0.1) is 0 Å². The molecule has 0 aliphatic heterocycles. The molecule has 1 aromatic rings. The maximum atomic E-state index is 12.4. The van der Waals surface area contributed by atoms with Gasteiger partial charge in [-0.3, -0.25) is 4.68 Å². The van der Waals surface area contributed by atoms with Crippen molar-refractivity contribution in [2.75, 3.05) is 0 Å². The lowest BCUT2D eigenvalue weighted by Gasteiger charge is -2.28. The highest BCUT2D eigenvalue weighted by molar-refractivity contribution is 5.04. The van der Waals surface area contributed by atoms with Crippen LogP contribution in [-0.4, -0.2) is 28.2 Å². The van der Waals surface area contributed by atoms with E-state index in [0.717, 1.165) is 0 Å². The summed E-state index contributed by atoms with van der Waals surface area (Å²) in [5.74, 6) is -3.50. The Morgan fingerprint density at radius 3 is 2.11 bits per heavy atom. The number of aromatic nitrogens is 2. The highest BCUT2D eigenvalue weighted by atomic mass is 19.4. The van der Waals surface area contributed by atoms with Crippen LogP contribution < -0.4 is 5.73 Å². The molecule has 3 nitrogen and oxygen atoms in total. The monoisotopic (exact) mass is 289 g/mol. The maximum absolute atomic E-state index is 12.4. The van der Waals surface area contributed by atoms with E-state index in [9.17, 15) is 26.3 Å². The molecule has 1 aromatic heterocycles. The average Bonchev–Trinajstić information content (AvgIpc) is 2.56. The summed E-state index contributed by atoms with van der Waals surface area (Å²) in [6, 6.07) is -2.03. The summed E-state index contributed by atoms with van der Waals surface area (Å²) in [6.45, 7) is 0. The average molecular weight is 289 g/mol. The van der Waals surface area contributed by atoms with E-state index in [1.54, 1.807) is 7.05 Å². The summed E-state index contributed by atoms with van der Waals surface area (Å²) < 4.78 is 75.7. The predicted octanol–water partition coefficient (Wildman–Crippen LogP) is 2.42. The molecule has 0 bridgehead atoms. The fourth-order valence-corrected chi connectivity index (χ4v) is 1.77. The van der Waals surface area contributed by atoms with Crippen molar-refractivity contribution in [1.29, 1.82) is 0 Å². The lowest BCUT2D eigenvalue weighted by atomic mass is 9.94. The van der Waals surface area contributed by atoms with Gasteiger partial charge in [0, 0.05) is 19.3 Å². The minimum absolute atomic E-state index is 0.0116. The first-order valence-corrected chi connectivity index (χ1v) is 5.38. The second-order valence-electron chi connectivity index (χ2n) is 4.29. The van der Waals surface area contributed by atoms with Crippen molar-refractivity contribution in [1.82, 2.24) is 9.78 Å². The molecule has 1 atom stereocenters. The Hall–Kier alpha value is -1.25. The second-order valence-corrected chi connectivity index (χ2v) is 4.29. The molecule has 2 N–H and O–H groups in total. The molecule has 9 heteroatoms. The minimum Gasteiger partial charge on any atom is -0.327 e. The minimum atomic E-state index is -5.40. The van der Waals surface area contributed by atoms with Gasteiger partial charge in [0.1, 0.15) is 0 Å². The molecule has 0 fully saturated rings. The summed E-state index contributed by atoms with van der Waals surface area (Å²) in [6.07, 6.45) is -8.31. The largest absolute Gasteiger partial charge is 0.401 e. The summed E-state index contributed by atoms with van der Waals surface area (Å²) in [4.78, 5) is 0. The first-order chi connectivity index (χ1) is 8.51. The van der Waals surface area contributed by atoms with E-state index in [2.05, 4.69) is 5.10 Å². The van der Waals surface area contributed by atoms with Gasteiger partial charge < -0.3 is 5.73 Å². The normalized spacial score (nSPS) is 15.0. The number of aryl methyl sites for hydroxylation is 2. The van der Waals surface area contributed by atoms with Crippen molar-refractivity contribution in [2.45, 2.75) is 31.2 Å². The van der Waals surface area contributed by atoms with Gasteiger partial charge in [0.25, 0.3) is 0 Å². The molecule has 1 rings (SSSR count). The Morgan fingerprint density at radius 2 is 1.74 bits per heavy atom. The fraction of sp³-hybridized carbons (Fsp3) is 0.700. The van der Waals surface area contributed by atoms with Gasteiger partial charge >= 0.3 is 12.4 Å². The van der Waals surface area contributed by atoms with Gasteiger partial charge in [-0.05, 0) is 18.4 Å². The van der Waals surface area contributed by atoms with Gasteiger partial charge in [-0.2, -0.15) is 31.4 Å². The Kier molecular flexibility index (Phi) is 4.49. The van der Waals surface area contributed by atoms with Gasteiger partial charge in [0.05, 0.1) is 6.20 Å². The first kappa shape index (κ1) is 15.8. The summed E-state index contributed by atoms with van der Waals surface area (Å²) in [7, 11) is 1.59. The topological polar surface area (TPSA) is 43.8 Å². The Morgan fingerprint density at radius 1 is 1.21 bits per heavy atom. The van der Waals surface area contributed by atoms with Crippen molar-refractivity contribution in [3.8, 4) is 0 Å². The molecular formula is C10H13F6N3. The fourth-order valence-electron chi connectivity index (χ4n) is 1.77. The van der Waals surface area contributed by atoms with Crippen molar-refractivity contribution in [2.24, 2.45) is 18.7 Å². The molecule has 0 amide bonds. The maximum Gasteiger partial charge on any atom is 0.401 e. The van der Waals surface area contributed by atoms with Gasteiger partial charge in [-0.25, -0.2) is 0 Å². The number of halogens is 6. The van der Waals surface area contributed by atoms with Crippen LogP contribution in [0.3, 0.4) is 0 Å². The molecule has 0 saturated heterocycles. The third-order valence-corrected chi connectivity index (χ3v) is 2.66.